The zero-order chi connectivity index (χ0) is 13.8. The molecular formula is C14H28N2O2. The van der Waals surface area contributed by atoms with Gasteiger partial charge in [0.05, 0.1) is 6.67 Å². The summed E-state index contributed by atoms with van der Waals surface area (Å²) in [5.41, 5.74) is 0. The van der Waals surface area contributed by atoms with Gasteiger partial charge in [-0.2, -0.15) is 0 Å². The predicted octanol–water partition coefficient (Wildman–Crippen LogP) is 3.11. The van der Waals surface area contributed by atoms with Gasteiger partial charge in [0.25, 0.3) is 0 Å². The number of nitrogens with zero attached hydrogens (tertiary/aromatic N) is 2. The molecule has 0 saturated carbocycles. The lowest BCUT2D eigenvalue weighted by Gasteiger charge is -2.14. The summed E-state index contributed by atoms with van der Waals surface area (Å²) in [5, 5.41) is 8.27. The summed E-state index contributed by atoms with van der Waals surface area (Å²) in [6.45, 7) is 6.47. The molecule has 0 aromatic heterocycles. The van der Waals surface area contributed by atoms with Gasteiger partial charge >= 0.3 is 5.97 Å². The minimum absolute atomic E-state index is 0.337. The van der Waals surface area contributed by atoms with Crippen LogP contribution < -0.4 is 0 Å². The lowest BCUT2D eigenvalue weighted by atomic mass is 10.1. The Morgan fingerprint density at radius 2 is 1.83 bits per heavy atom. The zero-order valence-electron chi connectivity index (χ0n) is 12.1. The average Bonchev–Trinajstić information content (AvgIpc) is 2.75. The molecule has 0 aliphatic carbocycles. The first-order valence-corrected chi connectivity index (χ1v) is 6.94. The van der Waals surface area contributed by atoms with Gasteiger partial charge in [0.15, 0.2) is 0 Å². The monoisotopic (exact) mass is 256 g/mol. The molecule has 0 bridgehead atoms. The van der Waals surface area contributed by atoms with Crippen LogP contribution in [0, 0.1) is 0 Å². The Kier molecular flexibility index (Phi) is 10.2. The number of aliphatic carboxylic acids is 1. The van der Waals surface area contributed by atoms with Crippen LogP contribution in [0.4, 0.5) is 0 Å². The van der Waals surface area contributed by atoms with Crippen molar-refractivity contribution in [3.63, 3.8) is 0 Å². The summed E-state index contributed by atoms with van der Waals surface area (Å²) >= 11 is 0. The van der Waals surface area contributed by atoms with Crippen LogP contribution in [0.5, 0.6) is 0 Å². The van der Waals surface area contributed by atoms with Crippen LogP contribution in [-0.2, 0) is 4.79 Å². The van der Waals surface area contributed by atoms with E-state index in [0.29, 0.717) is 6.42 Å². The first kappa shape index (κ1) is 16.8. The zero-order valence-corrected chi connectivity index (χ0v) is 12.1. The largest absolute Gasteiger partial charge is 0.481 e. The quantitative estimate of drug-likeness (QED) is 0.711. The number of carbonyl (C=O) groups is 1. The third-order valence-corrected chi connectivity index (χ3v) is 2.84. The molecule has 1 N–H and O–H groups in total. The van der Waals surface area contributed by atoms with Crippen LogP contribution >= 0.6 is 0 Å². The second kappa shape index (κ2) is 10.9. The first-order valence-electron chi connectivity index (χ1n) is 6.94. The van der Waals surface area contributed by atoms with Gasteiger partial charge in [-0.15, -0.1) is 0 Å². The standard InChI is InChI=1S/C8H16O2.C6H12N2/c1-2-3-4-5-6-7-8(9)10;1-3-8-5-4-7(2)6-8/h2-7H2,1H3,(H,9,10);4-5H,3,6H2,1-2H3. The van der Waals surface area contributed by atoms with Crippen molar-refractivity contribution in [3.8, 4) is 0 Å². The number of hydrogen-bond acceptors (Lipinski definition) is 3. The van der Waals surface area contributed by atoms with Crippen LogP contribution in [-0.4, -0.2) is 41.1 Å². The van der Waals surface area contributed by atoms with Crippen LogP contribution in [0.15, 0.2) is 12.4 Å². The topological polar surface area (TPSA) is 43.8 Å². The van der Waals surface area contributed by atoms with E-state index in [2.05, 4.69) is 43.1 Å². The summed E-state index contributed by atoms with van der Waals surface area (Å²) in [5.74, 6) is -0.670. The van der Waals surface area contributed by atoms with Gasteiger partial charge in [0.2, 0.25) is 0 Å². The van der Waals surface area contributed by atoms with Crippen LogP contribution in [0.3, 0.4) is 0 Å². The second-order valence-electron chi connectivity index (χ2n) is 4.66. The third kappa shape index (κ3) is 10.00. The van der Waals surface area contributed by atoms with E-state index in [-0.39, 0.29) is 0 Å². The van der Waals surface area contributed by atoms with E-state index >= 15 is 0 Å². The number of hydrogen-bond donors (Lipinski definition) is 1. The Hall–Kier alpha value is -1.19. The minimum atomic E-state index is -0.670. The lowest BCUT2D eigenvalue weighted by molar-refractivity contribution is -0.137. The molecule has 0 radical (unpaired) electrons. The Bertz CT molecular complexity index is 242. The molecule has 0 saturated heterocycles. The molecule has 4 heteroatoms. The number of carboxylic acid groups (broad SMARTS) is 1. The molecule has 0 unspecified atom stereocenters. The molecule has 1 rings (SSSR count). The van der Waals surface area contributed by atoms with Gasteiger partial charge in [0.1, 0.15) is 0 Å². The Labute approximate surface area is 111 Å². The fraction of sp³-hybridized carbons (Fsp3) is 0.786. The summed E-state index contributed by atoms with van der Waals surface area (Å²) in [4.78, 5) is 14.4. The Morgan fingerprint density at radius 1 is 1.17 bits per heavy atom. The molecule has 0 atom stereocenters. The summed E-state index contributed by atoms with van der Waals surface area (Å²) in [6.07, 6.45) is 10.1. The summed E-state index contributed by atoms with van der Waals surface area (Å²) < 4.78 is 0. The molecule has 106 valence electrons. The van der Waals surface area contributed by atoms with E-state index in [1.807, 2.05) is 0 Å². The third-order valence-electron chi connectivity index (χ3n) is 2.84. The lowest BCUT2D eigenvalue weighted by Crippen LogP contribution is -2.21. The summed E-state index contributed by atoms with van der Waals surface area (Å²) in [6, 6.07) is 0. The molecule has 0 aromatic rings. The SMILES string of the molecule is CCCCCCCC(=O)O.CCN1C=CN(C)C1. The molecule has 0 aromatic carbocycles. The number of rotatable bonds is 7. The van der Waals surface area contributed by atoms with Crippen LogP contribution in [0.1, 0.15) is 52.4 Å². The van der Waals surface area contributed by atoms with Crippen molar-refractivity contribution in [2.75, 3.05) is 20.3 Å². The van der Waals surface area contributed by atoms with Crippen molar-refractivity contribution in [2.45, 2.75) is 52.4 Å². The number of unbranched alkanes of at least 4 members (excludes halogenated alkanes) is 4. The highest BCUT2D eigenvalue weighted by Gasteiger charge is 2.03. The van der Waals surface area contributed by atoms with Crippen LogP contribution in [0.2, 0.25) is 0 Å². The minimum Gasteiger partial charge on any atom is -0.481 e. The fourth-order valence-corrected chi connectivity index (χ4v) is 1.67. The van der Waals surface area contributed by atoms with Gasteiger partial charge < -0.3 is 14.9 Å². The number of carboxylic acids is 1. The van der Waals surface area contributed by atoms with Gasteiger partial charge in [-0.25, -0.2) is 0 Å². The van der Waals surface area contributed by atoms with Crippen molar-refractivity contribution in [2.24, 2.45) is 0 Å². The highest BCUT2D eigenvalue weighted by Crippen LogP contribution is 2.04. The molecule has 1 aliphatic rings. The van der Waals surface area contributed by atoms with Crippen molar-refractivity contribution >= 4 is 5.97 Å². The second-order valence-corrected chi connectivity index (χ2v) is 4.66. The van der Waals surface area contributed by atoms with E-state index in [4.69, 9.17) is 5.11 Å². The van der Waals surface area contributed by atoms with E-state index < -0.39 is 5.97 Å². The Balaban J connectivity index is 0.000000327. The van der Waals surface area contributed by atoms with Crippen molar-refractivity contribution in [3.05, 3.63) is 12.4 Å². The van der Waals surface area contributed by atoms with E-state index in [9.17, 15) is 4.79 Å². The van der Waals surface area contributed by atoms with Gasteiger partial charge in [-0.1, -0.05) is 32.6 Å². The highest BCUT2D eigenvalue weighted by molar-refractivity contribution is 5.66. The Morgan fingerprint density at radius 3 is 2.22 bits per heavy atom. The van der Waals surface area contributed by atoms with Crippen molar-refractivity contribution < 1.29 is 9.90 Å². The molecule has 1 heterocycles. The molecule has 1 aliphatic heterocycles. The van der Waals surface area contributed by atoms with Crippen LogP contribution in [0.25, 0.3) is 0 Å². The van der Waals surface area contributed by atoms with E-state index in [1.54, 1.807) is 0 Å². The van der Waals surface area contributed by atoms with E-state index in [1.165, 1.54) is 19.3 Å². The molecule has 0 amide bonds. The van der Waals surface area contributed by atoms with Gasteiger partial charge in [-0.05, 0) is 13.3 Å². The molecular weight excluding hydrogens is 228 g/mol. The normalized spacial score (nSPS) is 13.5. The van der Waals surface area contributed by atoms with Gasteiger partial charge in [0, 0.05) is 32.4 Å². The maximum Gasteiger partial charge on any atom is 0.303 e. The first-order chi connectivity index (χ1) is 8.60. The van der Waals surface area contributed by atoms with E-state index in [0.717, 1.165) is 26.1 Å². The molecule has 0 spiro atoms. The fourth-order valence-electron chi connectivity index (χ4n) is 1.67. The molecule has 18 heavy (non-hydrogen) atoms. The average molecular weight is 256 g/mol. The van der Waals surface area contributed by atoms with Gasteiger partial charge in [-0.3, -0.25) is 4.79 Å². The maximum atomic E-state index is 10.0. The highest BCUT2D eigenvalue weighted by atomic mass is 16.4. The summed E-state index contributed by atoms with van der Waals surface area (Å²) in [7, 11) is 2.08. The predicted molar refractivity (Wildman–Crippen MR) is 75.2 cm³/mol. The molecule has 4 nitrogen and oxygen atoms in total. The maximum absolute atomic E-state index is 10.0. The smallest absolute Gasteiger partial charge is 0.303 e. The van der Waals surface area contributed by atoms with Crippen molar-refractivity contribution in [1.82, 2.24) is 9.80 Å². The van der Waals surface area contributed by atoms with Crippen molar-refractivity contribution in [1.29, 1.82) is 0 Å². The molecule has 0 fully saturated rings.